The van der Waals surface area contributed by atoms with Gasteiger partial charge in [-0.15, -0.1) is 0 Å². The first-order chi connectivity index (χ1) is 9.43. The van der Waals surface area contributed by atoms with Crippen molar-refractivity contribution in [2.75, 3.05) is 18.1 Å². The summed E-state index contributed by atoms with van der Waals surface area (Å²) >= 11 is 2.08. The standard InChI is InChI=1S/C15H22N2OS/c1-4-14(17-13-3-2-10-19-11-13)15(18-9-1)12-5-7-16-8-6-12/h5-8,13-15,17H,1-4,9-11H2/t13?,14-,15+/m0/s1. The van der Waals surface area contributed by atoms with E-state index < -0.39 is 0 Å². The van der Waals surface area contributed by atoms with Crippen LogP contribution < -0.4 is 5.32 Å². The molecule has 2 fully saturated rings. The maximum atomic E-state index is 6.02. The van der Waals surface area contributed by atoms with Gasteiger partial charge < -0.3 is 10.1 Å². The molecule has 4 heteroatoms. The van der Waals surface area contributed by atoms with Crippen LogP contribution in [0.2, 0.25) is 0 Å². The molecule has 104 valence electrons. The number of thioether (sulfide) groups is 1. The van der Waals surface area contributed by atoms with Crippen molar-refractivity contribution in [1.29, 1.82) is 0 Å². The number of hydrogen-bond donors (Lipinski definition) is 1. The highest BCUT2D eigenvalue weighted by atomic mass is 32.2. The first-order valence-corrected chi connectivity index (χ1v) is 8.44. The normalized spacial score (nSPS) is 32.1. The molecule has 3 heterocycles. The quantitative estimate of drug-likeness (QED) is 0.922. The molecule has 1 aromatic rings. The highest BCUT2D eigenvalue weighted by Crippen LogP contribution is 2.29. The van der Waals surface area contributed by atoms with E-state index in [1.54, 1.807) is 0 Å². The van der Waals surface area contributed by atoms with Crippen LogP contribution in [-0.4, -0.2) is 35.2 Å². The van der Waals surface area contributed by atoms with Gasteiger partial charge >= 0.3 is 0 Å². The molecule has 1 unspecified atom stereocenters. The number of aromatic nitrogens is 1. The van der Waals surface area contributed by atoms with Crippen LogP contribution in [0.1, 0.15) is 37.4 Å². The van der Waals surface area contributed by atoms with Gasteiger partial charge in [0.15, 0.2) is 0 Å². The average molecular weight is 278 g/mol. The maximum Gasteiger partial charge on any atom is 0.0978 e. The molecular formula is C15H22N2OS. The molecule has 3 atom stereocenters. The summed E-state index contributed by atoms with van der Waals surface area (Å²) < 4.78 is 6.02. The molecule has 0 aromatic carbocycles. The van der Waals surface area contributed by atoms with Crippen LogP contribution in [0, 0.1) is 0 Å². The molecule has 2 aliphatic heterocycles. The van der Waals surface area contributed by atoms with E-state index in [0.717, 1.165) is 6.61 Å². The lowest BCUT2D eigenvalue weighted by molar-refractivity contribution is -0.0135. The smallest absolute Gasteiger partial charge is 0.0978 e. The lowest BCUT2D eigenvalue weighted by atomic mass is 9.95. The number of nitrogens with zero attached hydrogens (tertiary/aromatic N) is 1. The minimum atomic E-state index is 0.198. The molecular weight excluding hydrogens is 256 g/mol. The van der Waals surface area contributed by atoms with Crippen LogP contribution in [0.4, 0.5) is 0 Å². The van der Waals surface area contributed by atoms with E-state index in [0.29, 0.717) is 12.1 Å². The first kappa shape index (κ1) is 13.4. The average Bonchev–Trinajstić information content (AvgIpc) is 2.50. The second kappa shape index (κ2) is 6.73. The molecule has 0 bridgehead atoms. The molecule has 2 saturated heterocycles. The van der Waals surface area contributed by atoms with Crippen molar-refractivity contribution in [3.8, 4) is 0 Å². The van der Waals surface area contributed by atoms with Crippen molar-refractivity contribution in [2.45, 2.75) is 43.9 Å². The summed E-state index contributed by atoms with van der Waals surface area (Å²) in [6.07, 6.45) is 8.96. The lowest BCUT2D eigenvalue weighted by Gasteiger charge is -2.36. The summed E-state index contributed by atoms with van der Waals surface area (Å²) in [5.74, 6) is 2.58. The Hall–Kier alpha value is -0.580. The predicted molar refractivity (Wildman–Crippen MR) is 79.4 cm³/mol. The van der Waals surface area contributed by atoms with Crippen molar-refractivity contribution in [3.05, 3.63) is 30.1 Å². The van der Waals surface area contributed by atoms with Crippen molar-refractivity contribution in [1.82, 2.24) is 10.3 Å². The fourth-order valence-corrected chi connectivity index (χ4v) is 4.09. The zero-order valence-electron chi connectivity index (χ0n) is 11.3. The summed E-state index contributed by atoms with van der Waals surface area (Å²) in [6, 6.07) is 5.29. The highest BCUT2D eigenvalue weighted by molar-refractivity contribution is 7.99. The van der Waals surface area contributed by atoms with Gasteiger partial charge in [-0.1, -0.05) is 0 Å². The molecule has 0 spiro atoms. The van der Waals surface area contributed by atoms with Gasteiger partial charge in [0.05, 0.1) is 6.10 Å². The van der Waals surface area contributed by atoms with E-state index in [9.17, 15) is 0 Å². The Morgan fingerprint density at radius 2 is 2.11 bits per heavy atom. The SMILES string of the molecule is c1cc([C@H]2OCCC[C@@H]2NC2CCCSC2)ccn1. The van der Waals surface area contributed by atoms with E-state index in [2.05, 4.69) is 34.2 Å². The molecule has 0 aliphatic carbocycles. The third kappa shape index (κ3) is 3.50. The molecule has 3 nitrogen and oxygen atoms in total. The number of rotatable bonds is 3. The Labute approximate surface area is 119 Å². The third-order valence-corrected chi connectivity index (χ3v) is 5.18. The summed E-state index contributed by atoms with van der Waals surface area (Å²) in [5, 5.41) is 3.84. The molecule has 2 aliphatic rings. The summed E-state index contributed by atoms with van der Waals surface area (Å²) in [5.41, 5.74) is 1.26. The summed E-state index contributed by atoms with van der Waals surface area (Å²) in [6.45, 7) is 0.880. The van der Waals surface area contributed by atoms with Crippen LogP contribution in [0.25, 0.3) is 0 Å². The van der Waals surface area contributed by atoms with Crippen molar-refractivity contribution in [3.63, 3.8) is 0 Å². The Bertz CT molecular complexity index is 381. The second-order valence-electron chi connectivity index (χ2n) is 5.40. The Kier molecular flexibility index (Phi) is 4.75. The van der Waals surface area contributed by atoms with Crippen molar-refractivity contribution < 1.29 is 4.74 Å². The Morgan fingerprint density at radius 1 is 1.21 bits per heavy atom. The zero-order valence-corrected chi connectivity index (χ0v) is 12.1. The van der Waals surface area contributed by atoms with Crippen LogP contribution in [0.5, 0.6) is 0 Å². The number of ether oxygens (including phenoxy) is 1. The largest absolute Gasteiger partial charge is 0.372 e. The van der Waals surface area contributed by atoms with Crippen LogP contribution in [0.3, 0.4) is 0 Å². The van der Waals surface area contributed by atoms with Crippen molar-refractivity contribution >= 4 is 11.8 Å². The third-order valence-electron chi connectivity index (χ3n) is 3.97. The van der Waals surface area contributed by atoms with Gasteiger partial charge in [-0.05, 0) is 49.1 Å². The number of pyridine rings is 1. The molecule has 3 rings (SSSR count). The van der Waals surface area contributed by atoms with Gasteiger partial charge in [-0.2, -0.15) is 11.8 Å². The molecule has 0 radical (unpaired) electrons. The lowest BCUT2D eigenvalue weighted by Crippen LogP contribution is -2.46. The molecule has 0 saturated carbocycles. The first-order valence-electron chi connectivity index (χ1n) is 7.29. The van der Waals surface area contributed by atoms with E-state index in [1.807, 2.05) is 12.4 Å². The molecule has 1 N–H and O–H groups in total. The van der Waals surface area contributed by atoms with Crippen LogP contribution >= 0.6 is 11.8 Å². The molecule has 1 aromatic heterocycles. The maximum absolute atomic E-state index is 6.02. The monoisotopic (exact) mass is 278 g/mol. The van der Waals surface area contributed by atoms with Crippen molar-refractivity contribution in [2.24, 2.45) is 0 Å². The fraction of sp³-hybridized carbons (Fsp3) is 0.667. The number of nitrogens with one attached hydrogen (secondary N) is 1. The summed E-state index contributed by atoms with van der Waals surface area (Å²) in [4.78, 5) is 4.10. The Morgan fingerprint density at radius 3 is 2.89 bits per heavy atom. The van der Waals surface area contributed by atoms with E-state index >= 15 is 0 Å². The van der Waals surface area contributed by atoms with E-state index in [1.165, 1.54) is 42.8 Å². The fourth-order valence-electron chi connectivity index (χ4n) is 3.01. The predicted octanol–water partition coefficient (Wildman–Crippen LogP) is 2.79. The summed E-state index contributed by atoms with van der Waals surface area (Å²) in [7, 11) is 0. The van der Waals surface area contributed by atoms with E-state index in [-0.39, 0.29) is 6.10 Å². The van der Waals surface area contributed by atoms with Gasteiger partial charge in [0.25, 0.3) is 0 Å². The van der Waals surface area contributed by atoms with Gasteiger partial charge in [-0.3, -0.25) is 4.98 Å². The minimum Gasteiger partial charge on any atom is -0.372 e. The Balaban J connectivity index is 1.66. The van der Waals surface area contributed by atoms with Crippen LogP contribution in [-0.2, 0) is 4.74 Å². The van der Waals surface area contributed by atoms with Gasteiger partial charge in [0.1, 0.15) is 0 Å². The van der Waals surface area contributed by atoms with Gasteiger partial charge in [0, 0.05) is 36.8 Å². The van der Waals surface area contributed by atoms with Crippen LogP contribution in [0.15, 0.2) is 24.5 Å². The number of hydrogen-bond acceptors (Lipinski definition) is 4. The molecule has 19 heavy (non-hydrogen) atoms. The van der Waals surface area contributed by atoms with E-state index in [4.69, 9.17) is 4.74 Å². The van der Waals surface area contributed by atoms with Gasteiger partial charge in [0.2, 0.25) is 0 Å². The molecule has 0 amide bonds. The second-order valence-corrected chi connectivity index (χ2v) is 6.55. The minimum absolute atomic E-state index is 0.198. The zero-order chi connectivity index (χ0) is 12.9. The van der Waals surface area contributed by atoms with Gasteiger partial charge in [-0.25, -0.2) is 0 Å². The topological polar surface area (TPSA) is 34.1 Å². The highest BCUT2D eigenvalue weighted by Gasteiger charge is 2.29.